The summed E-state index contributed by atoms with van der Waals surface area (Å²) in [6.45, 7) is 0.216. The van der Waals surface area contributed by atoms with E-state index in [-0.39, 0.29) is 18.4 Å². The van der Waals surface area contributed by atoms with Gasteiger partial charge in [-0.15, -0.1) is 0 Å². The average molecular weight is 258 g/mol. The fourth-order valence-electron chi connectivity index (χ4n) is 2.89. The first-order valence-corrected chi connectivity index (χ1v) is 6.73. The van der Waals surface area contributed by atoms with E-state index < -0.39 is 0 Å². The average Bonchev–Trinajstić information content (AvgIpc) is 2.87. The lowest BCUT2D eigenvalue weighted by Gasteiger charge is -2.20. The minimum Gasteiger partial charge on any atom is -0.508 e. The molecule has 0 saturated heterocycles. The number of aliphatic hydroxyl groups is 1. The third kappa shape index (κ3) is 2.36. The largest absolute Gasteiger partial charge is 0.508 e. The summed E-state index contributed by atoms with van der Waals surface area (Å²) in [5, 5.41) is 24.4. The van der Waals surface area contributed by atoms with Crippen molar-refractivity contribution in [1.29, 1.82) is 0 Å². The molecular weight excluding hydrogens is 240 g/mol. The number of benzene rings is 1. The summed E-state index contributed by atoms with van der Waals surface area (Å²) in [6.07, 6.45) is 5.02. The van der Waals surface area contributed by atoms with Crippen LogP contribution >= 0.6 is 0 Å². The molecule has 0 amide bonds. The van der Waals surface area contributed by atoms with Crippen LogP contribution in [-0.4, -0.2) is 27.8 Å². The number of pyridine rings is 1. The van der Waals surface area contributed by atoms with Gasteiger partial charge >= 0.3 is 0 Å². The van der Waals surface area contributed by atoms with Gasteiger partial charge in [-0.1, -0.05) is 12.5 Å². The predicted octanol–water partition coefficient (Wildman–Crippen LogP) is 2.51. The highest BCUT2D eigenvalue weighted by Gasteiger charge is 2.27. The van der Waals surface area contributed by atoms with Crippen LogP contribution in [0, 0.1) is 5.92 Å². The number of fused-ring (bicyclic) bond motifs is 1. The molecule has 2 aromatic rings. The Kier molecular flexibility index (Phi) is 3.25. The molecule has 0 bridgehead atoms. The summed E-state index contributed by atoms with van der Waals surface area (Å²) >= 11 is 0. The highest BCUT2D eigenvalue weighted by Crippen LogP contribution is 2.31. The van der Waals surface area contributed by atoms with Crippen molar-refractivity contribution in [2.45, 2.75) is 25.3 Å². The SMILES string of the molecule is OCC1CCCC1Nc1nccc2ccc(O)cc12. The Morgan fingerprint density at radius 1 is 1.26 bits per heavy atom. The van der Waals surface area contributed by atoms with Crippen LogP contribution in [0.5, 0.6) is 5.75 Å². The Hall–Kier alpha value is -1.81. The standard InChI is InChI=1S/C15H18N2O2/c18-9-11-2-1-3-14(11)17-15-13-8-12(19)5-4-10(13)6-7-16-15/h4-8,11,14,18-19H,1-3,9H2,(H,16,17). The molecule has 3 N–H and O–H groups in total. The number of aliphatic hydroxyl groups excluding tert-OH is 1. The fourth-order valence-corrected chi connectivity index (χ4v) is 2.89. The summed E-state index contributed by atoms with van der Waals surface area (Å²) in [5.74, 6) is 1.33. The molecule has 2 unspecified atom stereocenters. The van der Waals surface area contributed by atoms with Gasteiger partial charge in [-0.05, 0) is 36.4 Å². The maximum absolute atomic E-state index is 9.62. The van der Waals surface area contributed by atoms with Gasteiger partial charge in [0.2, 0.25) is 0 Å². The Morgan fingerprint density at radius 3 is 3.00 bits per heavy atom. The third-order valence-corrected chi connectivity index (χ3v) is 3.97. The second-order valence-corrected chi connectivity index (χ2v) is 5.19. The molecule has 0 spiro atoms. The molecule has 1 aromatic heterocycles. The number of hydrogen-bond donors (Lipinski definition) is 3. The summed E-state index contributed by atoms with van der Waals surface area (Å²) in [7, 11) is 0. The molecule has 0 aliphatic heterocycles. The van der Waals surface area contributed by atoms with Crippen LogP contribution in [0.1, 0.15) is 19.3 Å². The lowest BCUT2D eigenvalue weighted by molar-refractivity contribution is 0.222. The number of phenolic OH excluding ortho intramolecular Hbond substituents is 1. The van der Waals surface area contributed by atoms with Gasteiger partial charge in [0.05, 0.1) is 0 Å². The number of rotatable bonds is 3. The minimum absolute atomic E-state index is 0.216. The first kappa shape index (κ1) is 12.2. The number of anilines is 1. The van der Waals surface area contributed by atoms with Gasteiger partial charge < -0.3 is 15.5 Å². The molecule has 3 rings (SSSR count). The second kappa shape index (κ2) is 5.05. The van der Waals surface area contributed by atoms with E-state index in [1.54, 1.807) is 18.3 Å². The van der Waals surface area contributed by atoms with Crippen molar-refractivity contribution in [1.82, 2.24) is 4.98 Å². The van der Waals surface area contributed by atoms with Crippen LogP contribution in [0.25, 0.3) is 10.8 Å². The van der Waals surface area contributed by atoms with Crippen molar-refractivity contribution < 1.29 is 10.2 Å². The van der Waals surface area contributed by atoms with Crippen LogP contribution in [0.4, 0.5) is 5.82 Å². The Bertz CT molecular complexity index is 585. The summed E-state index contributed by atoms with van der Waals surface area (Å²) in [4.78, 5) is 4.38. The van der Waals surface area contributed by atoms with Crippen molar-refractivity contribution in [3.63, 3.8) is 0 Å². The Labute approximate surface area is 112 Å². The maximum atomic E-state index is 9.62. The van der Waals surface area contributed by atoms with E-state index in [0.717, 1.165) is 35.9 Å². The van der Waals surface area contributed by atoms with Gasteiger partial charge in [0.1, 0.15) is 11.6 Å². The predicted molar refractivity (Wildman–Crippen MR) is 75.2 cm³/mol. The summed E-state index contributed by atoms with van der Waals surface area (Å²) < 4.78 is 0. The molecule has 1 heterocycles. The van der Waals surface area contributed by atoms with Gasteiger partial charge in [0, 0.05) is 30.1 Å². The number of aromatic hydroxyl groups is 1. The number of hydrogen-bond acceptors (Lipinski definition) is 4. The molecule has 4 nitrogen and oxygen atoms in total. The van der Waals surface area contributed by atoms with Gasteiger partial charge in [-0.3, -0.25) is 0 Å². The second-order valence-electron chi connectivity index (χ2n) is 5.19. The van der Waals surface area contributed by atoms with E-state index >= 15 is 0 Å². The quantitative estimate of drug-likeness (QED) is 0.791. The Morgan fingerprint density at radius 2 is 2.16 bits per heavy atom. The molecule has 2 atom stereocenters. The summed E-state index contributed by atoms with van der Waals surface area (Å²) in [6, 6.07) is 7.49. The molecule has 1 fully saturated rings. The molecule has 4 heteroatoms. The minimum atomic E-state index is 0.216. The van der Waals surface area contributed by atoms with Crippen LogP contribution in [-0.2, 0) is 0 Å². The zero-order valence-corrected chi connectivity index (χ0v) is 10.7. The first-order chi connectivity index (χ1) is 9.28. The van der Waals surface area contributed by atoms with E-state index in [0.29, 0.717) is 5.92 Å². The van der Waals surface area contributed by atoms with Crippen LogP contribution in [0.2, 0.25) is 0 Å². The molecule has 1 aromatic carbocycles. The normalized spacial score (nSPS) is 22.8. The highest BCUT2D eigenvalue weighted by molar-refractivity contribution is 5.92. The number of nitrogens with zero attached hydrogens (tertiary/aromatic N) is 1. The third-order valence-electron chi connectivity index (χ3n) is 3.97. The van der Waals surface area contributed by atoms with E-state index in [4.69, 9.17) is 0 Å². The van der Waals surface area contributed by atoms with Crippen molar-refractivity contribution in [2.24, 2.45) is 5.92 Å². The lowest BCUT2D eigenvalue weighted by atomic mass is 10.0. The van der Waals surface area contributed by atoms with Crippen molar-refractivity contribution >= 4 is 16.6 Å². The Balaban J connectivity index is 1.94. The topological polar surface area (TPSA) is 65.4 Å². The first-order valence-electron chi connectivity index (χ1n) is 6.73. The van der Waals surface area contributed by atoms with Crippen LogP contribution in [0.3, 0.4) is 0 Å². The smallest absolute Gasteiger partial charge is 0.134 e. The van der Waals surface area contributed by atoms with Crippen LogP contribution in [0.15, 0.2) is 30.5 Å². The van der Waals surface area contributed by atoms with Gasteiger partial charge in [-0.2, -0.15) is 0 Å². The van der Waals surface area contributed by atoms with Crippen molar-refractivity contribution in [3.8, 4) is 5.75 Å². The summed E-state index contributed by atoms with van der Waals surface area (Å²) in [5.41, 5.74) is 0. The molecule has 1 aliphatic carbocycles. The zero-order chi connectivity index (χ0) is 13.2. The maximum Gasteiger partial charge on any atom is 0.134 e. The van der Waals surface area contributed by atoms with E-state index in [2.05, 4.69) is 10.3 Å². The number of phenols is 1. The monoisotopic (exact) mass is 258 g/mol. The van der Waals surface area contributed by atoms with Crippen molar-refractivity contribution in [2.75, 3.05) is 11.9 Å². The molecule has 19 heavy (non-hydrogen) atoms. The number of aromatic nitrogens is 1. The highest BCUT2D eigenvalue weighted by atomic mass is 16.3. The lowest BCUT2D eigenvalue weighted by Crippen LogP contribution is -2.26. The van der Waals surface area contributed by atoms with Gasteiger partial charge in [0.25, 0.3) is 0 Å². The zero-order valence-electron chi connectivity index (χ0n) is 10.7. The van der Waals surface area contributed by atoms with E-state index in [1.807, 2.05) is 12.1 Å². The van der Waals surface area contributed by atoms with E-state index in [1.165, 1.54) is 0 Å². The fraction of sp³-hybridized carbons (Fsp3) is 0.400. The molecular formula is C15H18N2O2. The number of nitrogens with one attached hydrogen (secondary N) is 1. The molecule has 1 aliphatic rings. The van der Waals surface area contributed by atoms with Crippen LogP contribution < -0.4 is 5.32 Å². The van der Waals surface area contributed by atoms with Gasteiger partial charge in [-0.25, -0.2) is 4.98 Å². The molecule has 100 valence electrons. The van der Waals surface area contributed by atoms with Gasteiger partial charge in [0.15, 0.2) is 0 Å². The van der Waals surface area contributed by atoms with Crippen molar-refractivity contribution in [3.05, 3.63) is 30.5 Å². The molecule has 0 radical (unpaired) electrons. The van der Waals surface area contributed by atoms with E-state index in [9.17, 15) is 10.2 Å². The molecule has 1 saturated carbocycles.